The molecule has 0 atom stereocenters. The summed E-state index contributed by atoms with van der Waals surface area (Å²) in [7, 11) is 0. The minimum atomic E-state index is 0. The Labute approximate surface area is 183 Å². The summed E-state index contributed by atoms with van der Waals surface area (Å²) in [6.45, 7) is 14.8. The summed E-state index contributed by atoms with van der Waals surface area (Å²) in [5.74, 6) is 1.71. The molecule has 152 valence electrons. The number of aryl methyl sites for hydroxylation is 2. The molecule has 0 aliphatic carbocycles. The molecule has 0 radical (unpaired) electrons. The molecule has 0 amide bonds. The summed E-state index contributed by atoms with van der Waals surface area (Å²) in [5, 5.41) is 14.1. The Morgan fingerprint density at radius 2 is 1.93 bits per heavy atom. The van der Waals surface area contributed by atoms with Crippen LogP contribution in [0.5, 0.6) is 0 Å². The molecule has 2 N–H and O–H groups in total. The highest BCUT2D eigenvalue weighted by Crippen LogP contribution is 2.25. The van der Waals surface area contributed by atoms with E-state index < -0.39 is 0 Å². The van der Waals surface area contributed by atoms with E-state index in [1.54, 1.807) is 11.3 Å². The second-order valence-corrected chi connectivity index (χ2v) is 8.04. The van der Waals surface area contributed by atoms with Gasteiger partial charge in [-0.3, -0.25) is 0 Å². The molecule has 2 heterocycles. The lowest BCUT2D eigenvalue weighted by atomic mass is 9.98. The van der Waals surface area contributed by atoms with Crippen molar-refractivity contribution in [2.24, 2.45) is 4.99 Å². The first-order valence-electron chi connectivity index (χ1n) is 9.32. The number of guanidine groups is 1. The molecule has 0 aliphatic rings. The van der Waals surface area contributed by atoms with E-state index in [0.717, 1.165) is 53.1 Å². The van der Waals surface area contributed by atoms with E-state index in [-0.39, 0.29) is 29.4 Å². The Morgan fingerprint density at radius 1 is 1.19 bits per heavy atom. The second kappa shape index (κ2) is 11.0. The highest BCUT2D eigenvalue weighted by Gasteiger charge is 2.18. The van der Waals surface area contributed by atoms with E-state index in [9.17, 15) is 0 Å². The highest BCUT2D eigenvalue weighted by molar-refractivity contribution is 14.0. The first-order chi connectivity index (χ1) is 12.4. The molecule has 0 bridgehead atoms. The van der Waals surface area contributed by atoms with Crippen molar-refractivity contribution in [1.29, 1.82) is 0 Å². The van der Waals surface area contributed by atoms with Crippen molar-refractivity contribution in [3.8, 4) is 0 Å². The number of hydrogen-bond acceptors (Lipinski definition) is 5. The molecule has 27 heavy (non-hydrogen) atoms. The molecule has 2 aromatic rings. The van der Waals surface area contributed by atoms with Gasteiger partial charge in [-0.2, -0.15) is 0 Å². The van der Waals surface area contributed by atoms with E-state index in [0.29, 0.717) is 13.1 Å². The van der Waals surface area contributed by atoms with Gasteiger partial charge in [-0.15, -0.1) is 35.3 Å². The molecule has 0 aromatic carbocycles. The molecule has 0 aliphatic heterocycles. The van der Waals surface area contributed by atoms with Gasteiger partial charge >= 0.3 is 0 Å². The smallest absolute Gasteiger partial charge is 0.191 e. The summed E-state index contributed by atoms with van der Waals surface area (Å²) < 4.78 is 5.42. The van der Waals surface area contributed by atoms with Crippen molar-refractivity contribution >= 4 is 41.3 Å². The number of thiazole rings is 1. The van der Waals surface area contributed by atoms with Gasteiger partial charge in [0.2, 0.25) is 0 Å². The number of hydrogen-bond donors (Lipinski definition) is 2. The molecular weight excluding hydrogens is 473 g/mol. The lowest BCUT2D eigenvalue weighted by Gasteiger charge is -2.14. The van der Waals surface area contributed by atoms with Gasteiger partial charge in [-0.1, -0.05) is 39.8 Å². The topological polar surface area (TPSA) is 75.3 Å². The maximum Gasteiger partial charge on any atom is 0.191 e. The zero-order chi connectivity index (χ0) is 19.2. The monoisotopic (exact) mass is 505 g/mol. The molecule has 0 saturated carbocycles. The van der Waals surface area contributed by atoms with E-state index in [2.05, 4.69) is 62.7 Å². The molecule has 8 heteroatoms. The molecule has 0 saturated heterocycles. The molecule has 0 unspecified atom stereocenters. The Bertz CT molecular complexity index is 711. The van der Waals surface area contributed by atoms with Crippen LogP contribution in [0.3, 0.4) is 0 Å². The number of aromatic nitrogens is 2. The van der Waals surface area contributed by atoms with Crippen LogP contribution in [-0.2, 0) is 31.3 Å². The highest BCUT2D eigenvalue weighted by atomic mass is 127. The fraction of sp³-hybridized carbons (Fsp3) is 0.632. The molecule has 2 rings (SSSR count). The third-order valence-corrected chi connectivity index (χ3v) is 5.29. The van der Waals surface area contributed by atoms with Crippen LogP contribution >= 0.6 is 35.3 Å². The normalized spacial score (nSPS) is 12.0. The standard InChI is InChI=1S/C19H31N5OS.HI/c1-7-15-14(16(8-2)25-24-15)11-22-18(20-9-3)21-10-13-12-26-17(23-13)19(4,5)6;/h12H,7-11H2,1-6H3,(H2,20,21,22);1H. The third kappa shape index (κ3) is 6.74. The number of halogens is 1. The van der Waals surface area contributed by atoms with Crippen molar-refractivity contribution in [3.05, 3.63) is 33.1 Å². The zero-order valence-electron chi connectivity index (χ0n) is 17.2. The number of nitrogens with zero attached hydrogens (tertiary/aromatic N) is 3. The van der Waals surface area contributed by atoms with Crippen molar-refractivity contribution < 1.29 is 4.52 Å². The predicted molar refractivity (Wildman–Crippen MR) is 123 cm³/mol. The molecule has 6 nitrogen and oxygen atoms in total. The predicted octanol–water partition coefficient (Wildman–Crippen LogP) is 4.43. The lowest BCUT2D eigenvalue weighted by molar-refractivity contribution is 0.380. The van der Waals surface area contributed by atoms with Gasteiger partial charge in [0, 0.05) is 29.3 Å². The number of nitrogens with one attached hydrogen (secondary N) is 2. The zero-order valence-corrected chi connectivity index (χ0v) is 20.3. The van der Waals surface area contributed by atoms with Crippen LogP contribution in [-0.4, -0.2) is 22.6 Å². The lowest BCUT2D eigenvalue weighted by Crippen LogP contribution is -2.37. The van der Waals surface area contributed by atoms with Crippen LogP contribution in [0.4, 0.5) is 0 Å². The molecule has 0 spiro atoms. The Kier molecular flexibility index (Phi) is 9.72. The van der Waals surface area contributed by atoms with E-state index >= 15 is 0 Å². The van der Waals surface area contributed by atoms with Crippen LogP contribution in [0.15, 0.2) is 14.9 Å². The quantitative estimate of drug-likeness (QED) is 0.331. The minimum absolute atomic E-state index is 0. The maximum absolute atomic E-state index is 5.42. The number of rotatable bonds is 7. The van der Waals surface area contributed by atoms with Gasteiger partial charge in [0.15, 0.2) is 5.96 Å². The van der Waals surface area contributed by atoms with Gasteiger partial charge in [0.1, 0.15) is 5.76 Å². The summed E-state index contributed by atoms with van der Waals surface area (Å²) >= 11 is 1.71. The molecule has 0 fully saturated rings. The fourth-order valence-corrected chi connectivity index (χ4v) is 3.43. The largest absolute Gasteiger partial charge is 0.361 e. The summed E-state index contributed by atoms with van der Waals surface area (Å²) in [5.41, 5.74) is 3.23. The third-order valence-electron chi connectivity index (χ3n) is 3.98. The maximum atomic E-state index is 5.42. The fourth-order valence-electron chi connectivity index (χ4n) is 2.52. The van der Waals surface area contributed by atoms with Crippen molar-refractivity contribution in [3.63, 3.8) is 0 Å². The van der Waals surface area contributed by atoms with Crippen LogP contribution in [0, 0.1) is 0 Å². The van der Waals surface area contributed by atoms with E-state index in [4.69, 9.17) is 14.5 Å². The van der Waals surface area contributed by atoms with Gasteiger partial charge < -0.3 is 15.2 Å². The Hall–Kier alpha value is -1.16. The van der Waals surface area contributed by atoms with Gasteiger partial charge in [-0.25, -0.2) is 9.98 Å². The van der Waals surface area contributed by atoms with E-state index in [1.165, 1.54) is 0 Å². The summed E-state index contributed by atoms with van der Waals surface area (Å²) in [4.78, 5) is 9.44. The van der Waals surface area contributed by atoms with Crippen LogP contribution in [0.2, 0.25) is 0 Å². The summed E-state index contributed by atoms with van der Waals surface area (Å²) in [6.07, 6.45) is 1.68. The summed E-state index contributed by atoms with van der Waals surface area (Å²) in [6, 6.07) is 0. The van der Waals surface area contributed by atoms with E-state index in [1.807, 2.05) is 0 Å². The Balaban J connectivity index is 0.00000364. The van der Waals surface area contributed by atoms with Gasteiger partial charge in [-0.05, 0) is 13.3 Å². The van der Waals surface area contributed by atoms with Crippen molar-refractivity contribution in [1.82, 2.24) is 20.8 Å². The molecular formula is C19H32IN5OS. The van der Waals surface area contributed by atoms with Crippen molar-refractivity contribution in [2.75, 3.05) is 6.54 Å². The average Bonchev–Trinajstić information content (AvgIpc) is 3.23. The van der Waals surface area contributed by atoms with Gasteiger partial charge in [0.25, 0.3) is 0 Å². The van der Waals surface area contributed by atoms with Crippen LogP contribution in [0.25, 0.3) is 0 Å². The average molecular weight is 505 g/mol. The first-order valence-corrected chi connectivity index (χ1v) is 10.2. The first kappa shape index (κ1) is 23.9. The van der Waals surface area contributed by atoms with Crippen LogP contribution < -0.4 is 10.6 Å². The molecule has 2 aromatic heterocycles. The second-order valence-electron chi connectivity index (χ2n) is 7.18. The SMILES string of the molecule is CCNC(=NCc1c(CC)noc1CC)NCc1csc(C(C)(C)C)n1.I. The minimum Gasteiger partial charge on any atom is -0.361 e. The van der Waals surface area contributed by atoms with Crippen molar-refractivity contribution in [2.45, 2.75) is 72.9 Å². The van der Waals surface area contributed by atoms with Gasteiger partial charge in [0.05, 0.1) is 29.5 Å². The number of aliphatic imine (C=N–C) groups is 1. The van der Waals surface area contributed by atoms with Crippen LogP contribution in [0.1, 0.15) is 69.3 Å². The Morgan fingerprint density at radius 3 is 2.48 bits per heavy atom.